The van der Waals surface area contributed by atoms with Gasteiger partial charge in [-0.25, -0.2) is 0 Å². The molecule has 0 radical (unpaired) electrons. The van der Waals surface area contributed by atoms with Crippen LogP contribution in [0.5, 0.6) is 0 Å². The topological polar surface area (TPSA) is 57.7 Å². The minimum Gasteiger partial charge on any atom is -0.289 e. The number of nitrogens with zero attached hydrogens (tertiary/aromatic N) is 2. The summed E-state index contributed by atoms with van der Waals surface area (Å²) in [5, 5.41) is -0.510. The van der Waals surface area contributed by atoms with Gasteiger partial charge in [0.05, 0.1) is 0 Å². The third-order valence-electron chi connectivity index (χ3n) is 5.09. The molecule has 0 atom stereocenters. The third kappa shape index (κ3) is 4.59. The van der Waals surface area contributed by atoms with Crippen LogP contribution in [0.2, 0.25) is 0 Å². The second kappa shape index (κ2) is 9.87. The lowest BCUT2D eigenvalue weighted by molar-refractivity contribution is 0.0916. The van der Waals surface area contributed by atoms with E-state index < -0.39 is 29.0 Å². The normalized spacial score (nSPS) is 10.4. The Morgan fingerprint density at radius 2 is 0.882 bits per heavy atom. The van der Waals surface area contributed by atoms with Crippen molar-refractivity contribution in [2.45, 2.75) is 0 Å². The number of rotatable bonds is 6. The number of hydrogen-bond acceptors (Lipinski definition) is 3. The zero-order valence-corrected chi connectivity index (χ0v) is 17.8. The van der Waals surface area contributed by atoms with Gasteiger partial charge in [0, 0.05) is 22.3 Å². The van der Waals surface area contributed by atoms with Crippen LogP contribution in [0.15, 0.2) is 109 Å². The van der Waals surface area contributed by atoms with E-state index in [9.17, 15) is 14.4 Å². The molecule has 5 nitrogen and oxygen atoms in total. The van der Waals surface area contributed by atoms with Gasteiger partial charge in [0.1, 0.15) is 11.4 Å². The first-order valence-electron chi connectivity index (χ1n) is 10.3. The van der Waals surface area contributed by atoms with Crippen LogP contribution in [0.1, 0.15) is 36.6 Å². The summed E-state index contributed by atoms with van der Waals surface area (Å²) in [7, 11) is 0. The fourth-order valence-electron chi connectivity index (χ4n) is 3.35. The highest BCUT2D eigenvalue weighted by atomic mass is 19.2. The minimum atomic E-state index is -1.08. The molecule has 0 N–H and O–H groups in total. The van der Waals surface area contributed by atoms with Crippen LogP contribution in [-0.4, -0.2) is 17.6 Å². The van der Waals surface area contributed by atoms with Gasteiger partial charge in [-0.15, -0.1) is 10.2 Å². The minimum absolute atomic E-state index is 0.00975. The average Bonchev–Trinajstić information content (AvgIpc) is 2.92. The van der Waals surface area contributed by atoms with Gasteiger partial charge in [0.2, 0.25) is 0 Å². The Labute approximate surface area is 194 Å². The molecule has 0 spiro atoms. The van der Waals surface area contributed by atoms with E-state index >= 15 is 8.96 Å². The number of ketones is 1. The van der Waals surface area contributed by atoms with E-state index in [2.05, 4.69) is 0 Å². The molecular formula is C27H18F2N2O3. The molecule has 4 rings (SSSR count). The van der Waals surface area contributed by atoms with Gasteiger partial charge in [-0.2, -0.15) is 0 Å². The number of anilines is 2. The third-order valence-corrected chi connectivity index (χ3v) is 5.09. The van der Waals surface area contributed by atoms with E-state index in [1.165, 1.54) is 30.3 Å². The summed E-state index contributed by atoms with van der Waals surface area (Å²) in [5.74, 6) is -2.58. The maximum Gasteiger partial charge on any atom is 0.286 e. The molecule has 0 heterocycles. The second-order valence-corrected chi connectivity index (χ2v) is 7.30. The van der Waals surface area contributed by atoms with Crippen molar-refractivity contribution in [1.29, 1.82) is 0 Å². The summed E-state index contributed by atoms with van der Waals surface area (Å²) in [4.78, 5) is 38.3. The quantitative estimate of drug-likeness (QED) is 0.265. The number of halogens is 2. The van der Waals surface area contributed by atoms with Crippen molar-refractivity contribution in [3.63, 3.8) is 0 Å². The fraction of sp³-hybridized carbons (Fsp3) is 0. The predicted octanol–water partition coefficient (Wildman–Crippen LogP) is 5.98. The molecule has 0 aliphatic carbocycles. The molecule has 4 aromatic rings. The van der Waals surface area contributed by atoms with Crippen LogP contribution in [0.3, 0.4) is 0 Å². The Kier molecular flexibility index (Phi) is 6.54. The number of carbonyl (C=O) groups excluding carboxylic acids is 3. The lowest BCUT2D eigenvalue weighted by Gasteiger charge is -2.20. The van der Waals surface area contributed by atoms with Crippen LogP contribution in [0.4, 0.5) is 20.3 Å². The number of carbonyl (C=O) groups is 3. The van der Waals surface area contributed by atoms with E-state index in [0.29, 0.717) is 5.56 Å². The molecular weight excluding hydrogens is 438 g/mol. The van der Waals surface area contributed by atoms with E-state index in [1.54, 1.807) is 66.7 Å². The fourth-order valence-corrected chi connectivity index (χ4v) is 3.35. The highest BCUT2D eigenvalue weighted by molar-refractivity contribution is 6.13. The highest BCUT2D eigenvalue weighted by Crippen LogP contribution is 2.34. The lowest BCUT2D eigenvalue weighted by atomic mass is 10.0. The van der Waals surface area contributed by atoms with Gasteiger partial charge in [-0.3, -0.25) is 14.4 Å². The van der Waals surface area contributed by atoms with Gasteiger partial charge >= 0.3 is 0 Å². The van der Waals surface area contributed by atoms with Gasteiger partial charge in [0.25, 0.3) is 11.8 Å². The van der Waals surface area contributed by atoms with Crippen molar-refractivity contribution in [1.82, 2.24) is 0 Å². The van der Waals surface area contributed by atoms with E-state index in [4.69, 9.17) is 0 Å². The molecule has 0 unspecified atom stereocenters. The monoisotopic (exact) mass is 456 g/mol. The molecule has 2 amide bonds. The van der Waals surface area contributed by atoms with Crippen LogP contribution >= 0.6 is 0 Å². The molecule has 168 valence electrons. The smallest absolute Gasteiger partial charge is 0.286 e. The molecule has 0 aromatic heterocycles. The van der Waals surface area contributed by atoms with Crippen molar-refractivity contribution in [2.75, 3.05) is 10.2 Å². The van der Waals surface area contributed by atoms with E-state index in [0.717, 1.165) is 12.1 Å². The standard InChI is InChI=1S/C27H18F2N2O3/c28-30(26(33)20-12-6-2-7-13-20)23-17-16-22(25(32)19-10-4-1-5-11-19)18-24(23)31(29)27(34)21-14-8-3-9-15-21/h1-18H. The van der Waals surface area contributed by atoms with Gasteiger partial charge in [-0.1, -0.05) is 75.7 Å². The molecule has 34 heavy (non-hydrogen) atoms. The molecule has 0 aliphatic heterocycles. The van der Waals surface area contributed by atoms with Crippen molar-refractivity contribution in [3.8, 4) is 0 Å². The summed E-state index contributed by atoms with van der Waals surface area (Å²) in [6.07, 6.45) is 0. The predicted molar refractivity (Wildman–Crippen MR) is 125 cm³/mol. The highest BCUT2D eigenvalue weighted by Gasteiger charge is 2.28. The summed E-state index contributed by atoms with van der Waals surface area (Å²) < 4.78 is 30.7. The van der Waals surface area contributed by atoms with Crippen molar-refractivity contribution >= 4 is 29.0 Å². The van der Waals surface area contributed by atoms with Crippen molar-refractivity contribution < 1.29 is 23.3 Å². The first-order chi connectivity index (χ1) is 16.5. The molecule has 4 aromatic carbocycles. The van der Waals surface area contributed by atoms with E-state index in [-0.39, 0.29) is 26.9 Å². The summed E-state index contributed by atoms with van der Waals surface area (Å²) in [5.41, 5.74) is -0.712. The van der Waals surface area contributed by atoms with Crippen LogP contribution in [0.25, 0.3) is 0 Å². The first kappa shape index (κ1) is 22.5. The zero-order valence-electron chi connectivity index (χ0n) is 17.8. The Balaban J connectivity index is 1.78. The molecule has 0 bridgehead atoms. The summed E-state index contributed by atoms with van der Waals surface area (Å²) in [6, 6.07) is 26.8. The zero-order chi connectivity index (χ0) is 24.1. The molecule has 7 heteroatoms. The lowest BCUT2D eigenvalue weighted by Crippen LogP contribution is -2.27. The summed E-state index contributed by atoms with van der Waals surface area (Å²) in [6.45, 7) is 0. The van der Waals surface area contributed by atoms with Gasteiger partial charge < -0.3 is 0 Å². The molecule has 0 aliphatic rings. The second-order valence-electron chi connectivity index (χ2n) is 7.30. The Morgan fingerprint density at radius 1 is 0.471 bits per heavy atom. The number of amides is 2. The van der Waals surface area contributed by atoms with Gasteiger partial charge in [0.15, 0.2) is 5.78 Å². The van der Waals surface area contributed by atoms with Crippen LogP contribution in [0, 0.1) is 0 Å². The molecule has 0 saturated heterocycles. The van der Waals surface area contributed by atoms with E-state index in [1.807, 2.05) is 0 Å². The Hall–Kier alpha value is -4.65. The Morgan fingerprint density at radius 3 is 1.35 bits per heavy atom. The first-order valence-corrected chi connectivity index (χ1v) is 10.3. The molecule has 0 saturated carbocycles. The van der Waals surface area contributed by atoms with Gasteiger partial charge in [-0.05, 0) is 42.5 Å². The van der Waals surface area contributed by atoms with Crippen LogP contribution in [-0.2, 0) is 0 Å². The Bertz CT molecular complexity index is 1330. The molecule has 0 fully saturated rings. The number of benzene rings is 4. The van der Waals surface area contributed by atoms with Crippen LogP contribution < -0.4 is 10.2 Å². The summed E-state index contributed by atoms with van der Waals surface area (Å²) >= 11 is 0. The SMILES string of the molecule is O=C(c1ccccc1)c1ccc(N(F)C(=O)c2ccccc2)c(N(F)C(=O)c2ccccc2)c1. The maximum atomic E-state index is 15.4. The largest absolute Gasteiger partial charge is 0.289 e. The number of hydrogen-bond donors (Lipinski definition) is 0. The maximum absolute atomic E-state index is 15.4. The van der Waals surface area contributed by atoms with Crippen molar-refractivity contribution in [3.05, 3.63) is 131 Å². The van der Waals surface area contributed by atoms with Crippen molar-refractivity contribution in [2.24, 2.45) is 0 Å². The average molecular weight is 456 g/mol.